The largest absolute Gasteiger partial charge is 0.374 e. The molecule has 1 unspecified atom stereocenters. The van der Waals surface area contributed by atoms with Crippen LogP contribution in [0.5, 0.6) is 0 Å². The Bertz CT molecular complexity index is 146. The van der Waals surface area contributed by atoms with E-state index in [1.807, 2.05) is 0 Å². The van der Waals surface area contributed by atoms with E-state index in [2.05, 4.69) is 5.32 Å². The van der Waals surface area contributed by atoms with Crippen LogP contribution in [-0.2, 0) is 14.3 Å². The maximum Gasteiger partial charge on any atom is 0.207 e. The quantitative estimate of drug-likeness (QED) is 0.509. The normalized spacial score (nSPS) is 26.0. The summed E-state index contributed by atoms with van der Waals surface area (Å²) in [6, 6.07) is -0.314. The van der Waals surface area contributed by atoms with E-state index >= 15 is 0 Å². The van der Waals surface area contributed by atoms with Crippen molar-refractivity contribution < 1.29 is 14.3 Å². The molecular weight excluding hydrogens is 134 g/mol. The smallest absolute Gasteiger partial charge is 0.207 e. The number of rotatable bonds is 2. The molecule has 1 amide bonds. The van der Waals surface area contributed by atoms with Gasteiger partial charge in [-0.2, -0.15) is 0 Å². The number of amides is 1. The van der Waals surface area contributed by atoms with Gasteiger partial charge in [0.25, 0.3) is 0 Å². The maximum atomic E-state index is 10.8. The van der Waals surface area contributed by atoms with E-state index in [4.69, 9.17) is 4.74 Å². The lowest BCUT2D eigenvalue weighted by Gasteiger charge is -2.19. The highest BCUT2D eigenvalue weighted by Crippen LogP contribution is 2.01. The van der Waals surface area contributed by atoms with E-state index in [-0.39, 0.29) is 18.4 Å². The highest BCUT2D eigenvalue weighted by molar-refractivity contribution is 5.87. The van der Waals surface area contributed by atoms with Crippen molar-refractivity contribution in [3.8, 4) is 0 Å². The molecule has 0 aromatic rings. The molecule has 1 heterocycles. The predicted molar refractivity (Wildman–Crippen MR) is 33.4 cm³/mol. The average molecular weight is 143 g/mol. The minimum absolute atomic E-state index is 0.0432. The van der Waals surface area contributed by atoms with Gasteiger partial charge in [0.15, 0.2) is 5.78 Å². The first-order valence-electron chi connectivity index (χ1n) is 3.15. The van der Waals surface area contributed by atoms with Crippen molar-refractivity contribution in [2.75, 3.05) is 13.2 Å². The highest BCUT2D eigenvalue weighted by Gasteiger charge is 2.21. The molecule has 1 aliphatic rings. The number of ketones is 1. The summed E-state index contributed by atoms with van der Waals surface area (Å²) < 4.78 is 4.85. The Morgan fingerprint density at radius 2 is 2.50 bits per heavy atom. The van der Waals surface area contributed by atoms with Crippen LogP contribution in [0, 0.1) is 0 Å². The van der Waals surface area contributed by atoms with Crippen molar-refractivity contribution >= 4 is 12.2 Å². The van der Waals surface area contributed by atoms with Gasteiger partial charge >= 0.3 is 0 Å². The van der Waals surface area contributed by atoms with Gasteiger partial charge in [-0.1, -0.05) is 0 Å². The van der Waals surface area contributed by atoms with E-state index in [1.165, 1.54) is 0 Å². The summed E-state index contributed by atoms with van der Waals surface area (Å²) in [6.45, 7) is 0.683. The third kappa shape index (κ3) is 1.54. The molecule has 0 saturated carbocycles. The summed E-state index contributed by atoms with van der Waals surface area (Å²) in [7, 11) is 0. The summed E-state index contributed by atoms with van der Waals surface area (Å²) in [5, 5.41) is 2.42. The summed E-state index contributed by atoms with van der Waals surface area (Å²) in [5.74, 6) is -0.0432. The van der Waals surface area contributed by atoms with Gasteiger partial charge in [0.1, 0.15) is 6.61 Å². The van der Waals surface area contributed by atoms with Gasteiger partial charge in [0, 0.05) is 6.61 Å². The number of hydrogen-bond donors (Lipinski definition) is 1. The molecule has 10 heavy (non-hydrogen) atoms. The molecule has 1 fully saturated rings. The second-order valence-corrected chi connectivity index (χ2v) is 2.14. The molecule has 4 heteroatoms. The van der Waals surface area contributed by atoms with Gasteiger partial charge in [-0.05, 0) is 6.42 Å². The Balaban J connectivity index is 2.39. The summed E-state index contributed by atoms with van der Waals surface area (Å²) in [5.41, 5.74) is 0. The Labute approximate surface area is 58.5 Å². The van der Waals surface area contributed by atoms with Crippen LogP contribution in [0.2, 0.25) is 0 Å². The van der Waals surface area contributed by atoms with Crippen molar-refractivity contribution in [3.63, 3.8) is 0 Å². The third-order valence-electron chi connectivity index (χ3n) is 1.45. The number of ether oxygens (including phenoxy) is 1. The molecule has 1 rings (SSSR count). The number of nitrogens with one attached hydrogen (secondary N) is 1. The molecule has 1 atom stereocenters. The van der Waals surface area contributed by atoms with Crippen molar-refractivity contribution in [1.82, 2.24) is 5.32 Å². The number of carbonyl (C=O) groups is 2. The Morgan fingerprint density at radius 1 is 1.70 bits per heavy atom. The molecule has 0 aliphatic carbocycles. The molecule has 0 bridgehead atoms. The van der Waals surface area contributed by atoms with Gasteiger partial charge in [-0.3, -0.25) is 9.59 Å². The van der Waals surface area contributed by atoms with Crippen LogP contribution in [0.25, 0.3) is 0 Å². The minimum Gasteiger partial charge on any atom is -0.374 e. The van der Waals surface area contributed by atoms with Crippen LogP contribution < -0.4 is 5.32 Å². The molecular formula is C6H9NO3. The van der Waals surface area contributed by atoms with Crippen LogP contribution in [0.15, 0.2) is 0 Å². The first kappa shape index (κ1) is 7.21. The second-order valence-electron chi connectivity index (χ2n) is 2.14. The molecule has 1 aliphatic heterocycles. The first-order valence-corrected chi connectivity index (χ1v) is 3.15. The van der Waals surface area contributed by atoms with Gasteiger partial charge in [-0.25, -0.2) is 0 Å². The third-order valence-corrected chi connectivity index (χ3v) is 1.45. The fraction of sp³-hybridized carbons (Fsp3) is 0.667. The van der Waals surface area contributed by atoms with Crippen molar-refractivity contribution in [2.24, 2.45) is 0 Å². The Kier molecular flexibility index (Phi) is 2.39. The first-order chi connectivity index (χ1) is 4.84. The van der Waals surface area contributed by atoms with Crippen LogP contribution in [-0.4, -0.2) is 31.4 Å². The molecule has 0 aromatic heterocycles. The zero-order valence-electron chi connectivity index (χ0n) is 5.50. The van der Waals surface area contributed by atoms with Gasteiger partial charge in [0.05, 0.1) is 6.04 Å². The lowest BCUT2D eigenvalue weighted by atomic mass is 10.1. The maximum absolute atomic E-state index is 10.8. The minimum atomic E-state index is -0.314. The Morgan fingerprint density at radius 3 is 3.10 bits per heavy atom. The lowest BCUT2D eigenvalue weighted by molar-refractivity contribution is -0.131. The second kappa shape index (κ2) is 3.31. The molecule has 1 saturated heterocycles. The summed E-state index contributed by atoms with van der Waals surface area (Å²) in [6.07, 6.45) is 1.14. The highest BCUT2D eigenvalue weighted by atomic mass is 16.5. The predicted octanol–water partition coefficient (Wildman–Crippen LogP) is -0.910. The van der Waals surface area contributed by atoms with E-state index in [0.29, 0.717) is 19.4 Å². The fourth-order valence-corrected chi connectivity index (χ4v) is 0.894. The fourth-order valence-electron chi connectivity index (χ4n) is 0.894. The van der Waals surface area contributed by atoms with Crippen molar-refractivity contribution in [3.05, 3.63) is 0 Å². The van der Waals surface area contributed by atoms with Crippen LogP contribution >= 0.6 is 0 Å². The molecule has 4 nitrogen and oxygen atoms in total. The van der Waals surface area contributed by atoms with Gasteiger partial charge < -0.3 is 10.1 Å². The van der Waals surface area contributed by atoms with Crippen LogP contribution in [0.1, 0.15) is 6.42 Å². The number of hydrogen-bond acceptors (Lipinski definition) is 3. The van der Waals surface area contributed by atoms with Gasteiger partial charge in [-0.15, -0.1) is 0 Å². The molecule has 0 spiro atoms. The number of Topliss-reactive ketones (excluding diaryl/α,β-unsaturated/α-hetero) is 1. The van der Waals surface area contributed by atoms with E-state index in [0.717, 1.165) is 0 Å². The zero-order valence-corrected chi connectivity index (χ0v) is 5.50. The van der Waals surface area contributed by atoms with E-state index < -0.39 is 0 Å². The van der Waals surface area contributed by atoms with E-state index in [1.54, 1.807) is 0 Å². The molecule has 0 aromatic carbocycles. The van der Waals surface area contributed by atoms with Gasteiger partial charge in [0.2, 0.25) is 6.41 Å². The SMILES string of the molecule is O=CNC1CCOCC1=O. The summed E-state index contributed by atoms with van der Waals surface area (Å²) >= 11 is 0. The van der Waals surface area contributed by atoms with E-state index in [9.17, 15) is 9.59 Å². The van der Waals surface area contributed by atoms with Crippen LogP contribution in [0.3, 0.4) is 0 Å². The number of carbonyl (C=O) groups excluding carboxylic acids is 2. The zero-order chi connectivity index (χ0) is 7.40. The van der Waals surface area contributed by atoms with Crippen LogP contribution in [0.4, 0.5) is 0 Å². The topological polar surface area (TPSA) is 55.4 Å². The average Bonchev–Trinajstić information content (AvgIpc) is 1.94. The Hall–Kier alpha value is -0.900. The molecule has 56 valence electrons. The van der Waals surface area contributed by atoms with Crippen molar-refractivity contribution in [2.45, 2.75) is 12.5 Å². The molecule has 1 N–H and O–H groups in total. The lowest BCUT2D eigenvalue weighted by Crippen LogP contribution is -2.42. The molecule has 0 radical (unpaired) electrons. The monoisotopic (exact) mass is 143 g/mol. The summed E-state index contributed by atoms with van der Waals surface area (Å²) in [4.78, 5) is 20.8. The van der Waals surface area contributed by atoms with Crippen molar-refractivity contribution in [1.29, 1.82) is 0 Å². The standard InChI is InChI=1S/C6H9NO3/c8-4-7-5-1-2-10-3-6(5)9/h4-5H,1-3H2,(H,7,8).